The average molecular weight is 296 g/mol. The Morgan fingerprint density at radius 2 is 1.95 bits per heavy atom. The van der Waals surface area contributed by atoms with E-state index in [0.29, 0.717) is 13.1 Å². The van der Waals surface area contributed by atoms with Gasteiger partial charge in [-0.25, -0.2) is 14.0 Å². The molecule has 0 radical (unpaired) electrons. The third-order valence-corrected chi connectivity index (χ3v) is 3.18. The number of carbonyl (C=O) groups excluding carboxylic acids is 1. The molecule has 0 unspecified atom stereocenters. The first-order chi connectivity index (χ1) is 9.88. The molecule has 0 aromatic heterocycles. The van der Waals surface area contributed by atoms with E-state index in [1.54, 1.807) is 0 Å². The second-order valence-corrected chi connectivity index (χ2v) is 5.06. The summed E-state index contributed by atoms with van der Waals surface area (Å²) in [5.74, 6) is -2.31. The summed E-state index contributed by atoms with van der Waals surface area (Å²) in [4.78, 5) is 24.8. The standard InChI is InChI=1S/C14H17FN2O4/c1-8-6-17(7-9(2)21-8)14(20)16-11-5-3-4-10(15)12(11)13(18)19/h3-5,8-9H,6-7H2,1-2H3,(H,16,20)(H,18,19)/t8-,9+. The zero-order chi connectivity index (χ0) is 15.6. The molecule has 2 rings (SSSR count). The highest BCUT2D eigenvalue weighted by Gasteiger charge is 2.27. The van der Waals surface area contributed by atoms with Gasteiger partial charge in [0.1, 0.15) is 11.4 Å². The molecule has 6 nitrogen and oxygen atoms in total. The van der Waals surface area contributed by atoms with Crippen LogP contribution in [0.2, 0.25) is 0 Å². The number of amides is 2. The minimum atomic E-state index is -1.42. The number of hydrogen-bond donors (Lipinski definition) is 2. The van der Waals surface area contributed by atoms with Gasteiger partial charge in [-0.05, 0) is 26.0 Å². The molecule has 0 spiro atoms. The van der Waals surface area contributed by atoms with Crippen molar-refractivity contribution in [1.82, 2.24) is 4.90 Å². The summed E-state index contributed by atoms with van der Waals surface area (Å²) in [5.41, 5.74) is -0.598. The number of halogens is 1. The third-order valence-electron chi connectivity index (χ3n) is 3.18. The Kier molecular flexibility index (Phi) is 4.42. The second kappa shape index (κ2) is 6.09. The molecule has 21 heavy (non-hydrogen) atoms. The lowest BCUT2D eigenvalue weighted by Crippen LogP contribution is -2.49. The highest BCUT2D eigenvalue weighted by atomic mass is 19.1. The van der Waals surface area contributed by atoms with Crippen molar-refractivity contribution < 1.29 is 23.8 Å². The number of nitrogens with one attached hydrogen (secondary N) is 1. The minimum Gasteiger partial charge on any atom is -0.478 e. The molecule has 1 aromatic rings. The molecule has 2 N–H and O–H groups in total. The zero-order valence-corrected chi connectivity index (χ0v) is 11.8. The van der Waals surface area contributed by atoms with Crippen LogP contribution in [0.25, 0.3) is 0 Å². The minimum absolute atomic E-state index is 0.0562. The van der Waals surface area contributed by atoms with E-state index in [1.165, 1.54) is 17.0 Å². The molecule has 1 heterocycles. The van der Waals surface area contributed by atoms with Crippen LogP contribution in [-0.2, 0) is 4.74 Å². The van der Waals surface area contributed by atoms with Crippen molar-refractivity contribution >= 4 is 17.7 Å². The summed E-state index contributed by atoms with van der Waals surface area (Å²) in [6, 6.07) is 3.28. The number of rotatable bonds is 2. The maximum atomic E-state index is 13.6. The van der Waals surface area contributed by atoms with Crippen molar-refractivity contribution in [2.45, 2.75) is 26.1 Å². The largest absolute Gasteiger partial charge is 0.478 e. The predicted molar refractivity (Wildman–Crippen MR) is 74.0 cm³/mol. The Morgan fingerprint density at radius 1 is 1.33 bits per heavy atom. The Hall–Kier alpha value is -2.15. The number of benzene rings is 1. The van der Waals surface area contributed by atoms with Gasteiger partial charge in [0.05, 0.1) is 17.9 Å². The molecule has 1 aliphatic rings. The van der Waals surface area contributed by atoms with Crippen molar-refractivity contribution in [3.63, 3.8) is 0 Å². The first-order valence-corrected chi connectivity index (χ1v) is 6.61. The van der Waals surface area contributed by atoms with Crippen molar-refractivity contribution in [3.05, 3.63) is 29.6 Å². The van der Waals surface area contributed by atoms with E-state index >= 15 is 0 Å². The molecule has 1 aromatic carbocycles. The molecular formula is C14H17FN2O4. The summed E-state index contributed by atoms with van der Waals surface area (Å²) < 4.78 is 19.1. The van der Waals surface area contributed by atoms with Crippen LogP contribution in [-0.4, -0.2) is 47.3 Å². The fourth-order valence-electron chi connectivity index (χ4n) is 2.38. The van der Waals surface area contributed by atoms with Crippen LogP contribution in [0, 0.1) is 5.82 Å². The van der Waals surface area contributed by atoms with Gasteiger partial charge >= 0.3 is 12.0 Å². The van der Waals surface area contributed by atoms with Crippen LogP contribution in [0.5, 0.6) is 0 Å². The molecule has 2 amide bonds. The summed E-state index contributed by atoms with van der Waals surface area (Å²) in [7, 11) is 0. The van der Waals surface area contributed by atoms with E-state index in [0.717, 1.165) is 6.07 Å². The summed E-state index contributed by atoms with van der Waals surface area (Å²) in [5, 5.41) is 11.5. The molecule has 7 heteroatoms. The molecule has 1 aliphatic heterocycles. The van der Waals surface area contributed by atoms with Crippen molar-refractivity contribution in [2.24, 2.45) is 0 Å². The number of aromatic carboxylic acids is 1. The van der Waals surface area contributed by atoms with E-state index in [1.807, 2.05) is 13.8 Å². The van der Waals surface area contributed by atoms with Gasteiger partial charge in [0.25, 0.3) is 0 Å². The molecule has 0 saturated carbocycles. The number of anilines is 1. The fraction of sp³-hybridized carbons (Fsp3) is 0.429. The van der Waals surface area contributed by atoms with Gasteiger partial charge in [0, 0.05) is 13.1 Å². The SMILES string of the molecule is C[C@@H]1CN(C(=O)Nc2cccc(F)c2C(=O)O)C[C@H](C)O1. The molecular weight excluding hydrogens is 279 g/mol. The lowest BCUT2D eigenvalue weighted by molar-refractivity contribution is -0.0530. The molecule has 0 bridgehead atoms. The maximum absolute atomic E-state index is 13.6. The average Bonchev–Trinajstić information content (AvgIpc) is 2.37. The van der Waals surface area contributed by atoms with Gasteiger partial charge in [0.2, 0.25) is 0 Å². The predicted octanol–water partition coefficient (Wildman–Crippen LogP) is 2.17. The number of carboxylic acids is 1. The number of carboxylic acid groups (broad SMARTS) is 1. The molecule has 1 saturated heterocycles. The van der Waals surface area contributed by atoms with Crippen LogP contribution in [0.4, 0.5) is 14.9 Å². The summed E-state index contributed by atoms with van der Waals surface area (Å²) >= 11 is 0. The van der Waals surface area contributed by atoms with Crippen molar-refractivity contribution in [1.29, 1.82) is 0 Å². The van der Waals surface area contributed by atoms with Crippen LogP contribution < -0.4 is 5.32 Å². The number of urea groups is 1. The van der Waals surface area contributed by atoms with E-state index in [4.69, 9.17) is 9.84 Å². The van der Waals surface area contributed by atoms with Gasteiger partial charge in [-0.1, -0.05) is 6.07 Å². The topological polar surface area (TPSA) is 78.9 Å². The zero-order valence-electron chi connectivity index (χ0n) is 11.8. The Balaban J connectivity index is 2.16. The van der Waals surface area contributed by atoms with E-state index < -0.39 is 23.4 Å². The number of carbonyl (C=O) groups is 2. The van der Waals surface area contributed by atoms with Gasteiger partial charge < -0.3 is 20.1 Å². The van der Waals surface area contributed by atoms with Crippen LogP contribution in [0.15, 0.2) is 18.2 Å². The Bertz CT molecular complexity index is 554. The summed E-state index contributed by atoms with van der Waals surface area (Å²) in [6.45, 7) is 4.49. The molecule has 1 fully saturated rings. The number of ether oxygens (including phenoxy) is 1. The molecule has 114 valence electrons. The van der Waals surface area contributed by atoms with Crippen molar-refractivity contribution in [2.75, 3.05) is 18.4 Å². The quantitative estimate of drug-likeness (QED) is 0.876. The lowest BCUT2D eigenvalue weighted by atomic mass is 10.1. The van der Waals surface area contributed by atoms with Crippen LogP contribution >= 0.6 is 0 Å². The van der Waals surface area contributed by atoms with Crippen LogP contribution in [0.1, 0.15) is 24.2 Å². The Labute approximate surface area is 121 Å². The van der Waals surface area contributed by atoms with Gasteiger partial charge in [-0.15, -0.1) is 0 Å². The molecule has 0 aliphatic carbocycles. The molecule has 2 atom stereocenters. The highest BCUT2D eigenvalue weighted by Crippen LogP contribution is 2.20. The number of hydrogen-bond acceptors (Lipinski definition) is 3. The van der Waals surface area contributed by atoms with Gasteiger partial charge in [0.15, 0.2) is 0 Å². The Morgan fingerprint density at radius 3 is 2.52 bits per heavy atom. The van der Waals surface area contributed by atoms with Crippen molar-refractivity contribution in [3.8, 4) is 0 Å². The van der Waals surface area contributed by atoms with E-state index in [2.05, 4.69) is 5.32 Å². The first-order valence-electron chi connectivity index (χ1n) is 6.61. The highest BCUT2D eigenvalue weighted by molar-refractivity contribution is 6.00. The monoisotopic (exact) mass is 296 g/mol. The number of nitrogens with zero attached hydrogens (tertiary/aromatic N) is 1. The lowest BCUT2D eigenvalue weighted by Gasteiger charge is -2.35. The third kappa shape index (κ3) is 3.49. The van der Waals surface area contributed by atoms with Gasteiger partial charge in [-0.2, -0.15) is 0 Å². The van der Waals surface area contributed by atoms with Crippen LogP contribution in [0.3, 0.4) is 0 Å². The van der Waals surface area contributed by atoms with E-state index in [-0.39, 0.29) is 17.9 Å². The van der Waals surface area contributed by atoms with Gasteiger partial charge in [-0.3, -0.25) is 0 Å². The second-order valence-electron chi connectivity index (χ2n) is 5.06. The smallest absolute Gasteiger partial charge is 0.340 e. The fourth-order valence-corrected chi connectivity index (χ4v) is 2.38. The number of morpholine rings is 1. The van der Waals surface area contributed by atoms with E-state index in [9.17, 15) is 14.0 Å². The maximum Gasteiger partial charge on any atom is 0.340 e. The summed E-state index contributed by atoms with van der Waals surface area (Å²) in [6.07, 6.45) is -0.211. The normalized spacial score (nSPS) is 22.0. The first kappa shape index (κ1) is 15.2.